The predicted octanol–water partition coefficient (Wildman–Crippen LogP) is 3.34. The molecule has 0 bridgehead atoms. The zero-order valence-corrected chi connectivity index (χ0v) is 13.0. The zero-order chi connectivity index (χ0) is 15.4. The molecule has 1 atom stereocenters. The summed E-state index contributed by atoms with van der Waals surface area (Å²) < 4.78 is 10.4. The molecule has 2 aromatic rings. The number of methoxy groups -OCH3 is 2. The lowest BCUT2D eigenvalue weighted by Crippen LogP contribution is -2.05. The summed E-state index contributed by atoms with van der Waals surface area (Å²) in [5, 5.41) is 11.0. The fraction of sp³-hybridized carbons (Fsp3) is 0.312. The fourth-order valence-electron chi connectivity index (χ4n) is 2.19. The molecule has 0 aliphatic heterocycles. The topological polar surface area (TPSA) is 51.6 Å². The first-order valence-electron chi connectivity index (χ1n) is 6.55. The Kier molecular flexibility index (Phi) is 5.04. The number of rotatable bonds is 5. The van der Waals surface area contributed by atoms with Gasteiger partial charge in [0.05, 0.1) is 25.3 Å². The van der Waals surface area contributed by atoms with Gasteiger partial charge < -0.3 is 14.6 Å². The maximum Gasteiger partial charge on any atom is 0.161 e. The Hall–Kier alpha value is -1.78. The van der Waals surface area contributed by atoms with Gasteiger partial charge in [-0.3, -0.25) is 4.98 Å². The average molecular weight is 308 g/mol. The van der Waals surface area contributed by atoms with Crippen LogP contribution in [0, 0.1) is 6.92 Å². The minimum absolute atomic E-state index is 0.419. The van der Waals surface area contributed by atoms with Crippen molar-refractivity contribution in [1.82, 2.24) is 4.98 Å². The first kappa shape index (κ1) is 15.6. The lowest BCUT2D eigenvalue weighted by atomic mass is 9.99. The number of aliphatic hydroxyl groups excluding tert-OH is 1. The van der Waals surface area contributed by atoms with E-state index in [1.807, 2.05) is 13.0 Å². The largest absolute Gasteiger partial charge is 0.493 e. The van der Waals surface area contributed by atoms with Gasteiger partial charge in [-0.15, -0.1) is 0 Å². The Morgan fingerprint density at radius 3 is 2.52 bits per heavy atom. The molecule has 1 unspecified atom stereocenters. The third kappa shape index (κ3) is 3.46. The van der Waals surface area contributed by atoms with E-state index in [1.54, 1.807) is 38.7 Å². The number of pyridine rings is 1. The summed E-state index contributed by atoms with van der Waals surface area (Å²) >= 11 is 6.15. The number of nitrogens with zero attached hydrogens (tertiary/aromatic N) is 1. The Bertz CT molecular complexity index is 611. The molecule has 0 aliphatic rings. The van der Waals surface area contributed by atoms with Crippen molar-refractivity contribution in [3.05, 3.63) is 52.3 Å². The van der Waals surface area contributed by atoms with Gasteiger partial charge >= 0.3 is 0 Å². The van der Waals surface area contributed by atoms with E-state index < -0.39 is 6.10 Å². The van der Waals surface area contributed by atoms with Gasteiger partial charge in [-0.25, -0.2) is 0 Å². The van der Waals surface area contributed by atoms with Crippen molar-refractivity contribution in [1.29, 1.82) is 0 Å². The minimum atomic E-state index is -0.677. The van der Waals surface area contributed by atoms with Gasteiger partial charge in [0.15, 0.2) is 11.5 Å². The summed E-state index contributed by atoms with van der Waals surface area (Å²) in [5.41, 5.74) is 2.61. The van der Waals surface area contributed by atoms with Crippen LogP contribution in [-0.2, 0) is 6.42 Å². The molecule has 0 fully saturated rings. The molecule has 4 nitrogen and oxygen atoms in total. The lowest BCUT2D eigenvalue weighted by Gasteiger charge is -2.16. The summed E-state index contributed by atoms with van der Waals surface area (Å²) in [5.74, 6) is 1.22. The molecule has 1 N–H and O–H groups in total. The molecular formula is C16H18ClNO3. The van der Waals surface area contributed by atoms with Crippen molar-refractivity contribution < 1.29 is 14.6 Å². The van der Waals surface area contributed by atoms with Gasteiger partial charge in [0, 0.05) is 18.8 Å². The van der Waals surface area contributed by atoms with Gasteiger partial charge in [-0.05, 0) is 35.7 Å². The normalized spacial score (nSPS) is 12.0. The van der Waals surface area contributed by atoms with Gasteiger partial charge in [0.2, 0.25) is 0 Å². The smallest absolute Gasteiger partial charge is 0.161 e. The predicted molar refractivity (Wildman–Crippen MR) is 82.2 cm³/mol. The maximum atomic E-state index is 10.4. The van der Waals surface area contributed by atoms with Crippen LogP contribution >= 0.6 is 11.6 Å². The molecule has 1 heterocycles. The lowest BCUT2D eigenvalue weighted by molar-refractivity contribution is 0.177. The zero-order valence-electron chi connectivity index (χ0n) is 12.3. The van der Waals surface area contributed by atoms with Crippen molar-refractivity contribution >= 4 is 11.6 Å². The number of aromatic nitrogens is 1. The summed E-state index contributed by atoms with van der Waals surface area (Å²) in [4.78, 5) is 4.02. The number of hydrogen-bond donors (Lipinski definition) is 1. The van der Waals surface area contributed by atoms with Crippen LogP contribution in [0.5, 0.6) is 11.5 Å². The first-order chi connectivity index (χ1) is 10.1. The van der Waals surface area contributed by atoms with Crippen molar-refractivity contribution in [3.8, 4) is 11.5 Å². The van der Waals surface area contributed by atoms with Gasteiger partial charge in [0.1, 0.15) is 0 Å². The molecule has 0 saturated heterocycles. The Morgan fingerprint density at radius 2 is 1.90 bits per heavy atom. The summed E-state index contributed by atoms with van der Waals surface area (Å²) in [7, 11) is 3.14. The number of hydrogen-bond acceptors (Lipinski definition) is 4. The van der Waals surface area contributed by atoms with Crippen molar-refractivity contribution in [2.75, 3.05) is 14.2 Å². The van der Waals surface area contributed by atoms with E-state index in [0.717, 1.165) is 16.7 Å². The second-order valence-electron chi connectivity index (χ2n) is 4.75. The molecular weight excluding hydrogens is 290 g/mol. The molecule has 1 aromatic carbocycles. The maximum absolute atomic E-state index is 10.4. The Labute approximate surface area is 129 Å². The molecule has 2 rings (SSSR count). The van der Waals surface area contributed by atoms with Crippen LogP contribution in [0.25, 0.3) is 0 Å². The molecule has 1 aromatic heterocycles. The number of halogens is 1. The molecule has 0 spiro atoms. The summed E-state index contributed by atoms with van der Waals surface area (Å²) in [6.45, 7) is 1.93. The van der Waals surface area contributed by atoms with Crippen LogP contribution in [-0.4, -0.2) is 24.3 Å². The number of ether oxygens (including phenoxy) is 2. The number of benzene rings is 1. The SMILES string of the molecule is COc1ccc(C(O)Cc2c(C)cncc2Cl)cc1OC. The third-order valence-electron chi connectivity index (χ3n) is 3.41. The van der Waals surface area contributed by atoms with Gasteiger partial charge in [-0.2, -0.15) is 0 Å². The van der Waals surface area contributed by atoms with Crippen LogP contribution in [0.4, 0.5) is 0 Å². The highest BCUT2D eigenvalue weighted by molar-refractivity contribution is 6.31. The minimum Gasteiger partial charge on any atom is -0.493 e. The number of aliphatic hydroxyl groups is 1. The van der Waals surface area contributed by atoms with Crippen LogP contribution in [0.1, 0.15) is 22.8 Å². The fourth-order valence-corrected chi connectivity index (χ4v) is 2.47. The quantitative estimate of drug-likeness (QED) is 0.920. The van der Waals surface area contributed by atoms with Crippen LogP contribution in [0.2, 0.25) is 5.02 Å². The van der Waals surface area contributed by atoms with E-state index >= 15 is 0 Å². The Morgan fingerprint density at radius 1 is 1.19 bits per heavy atom. The molecule has 0 saturated carbocycles. The van der Waals surface area contributed by atoms with Crippen LogP contribution in [0.15, 0.2) is 30.6 Å². The van der Waals surface area contributed by atoms with E-state index in [2.05, 4.69) is 4.98 Å². The average Bonchev–Trinajstić information content (AvgIpc) is 2.50. The van der Waals surface area contributed by atoms with Gasteiger partial charge in [0.25, 0.3) is 0 Å². The standard InChI is InChI=1S/C16H18ClNO3/c1-10-8-18-9-13(17)12(10)7-14(19)11-4-5-15(20-2)16(6-11)21-3/h4-6,8-9,14,19H,7H2,1-3H3. The van der Waals surface area contributed by atoms with Crippen LogP contribution < -0.4 is 9.47 Å². The van der Waals surface area contributed by atoms with E-state index in [9.17, 15) is 5.11 Å². The molecule has 0 amide bonds. The third-order valence-corrected chi connectivity index (χ3v) is 3.74. The highest BCUT2D eigenvalue weighted by atomic mass is 35.5. The van der Waals surface area contributed by atoms with E-state index in [1.165, 1.54) is 0 Å². The summed E-state index contributed by atoms with van der Waals surface area (Å²) in [6, 6.07) is 5.36. The Balaban J connectivity index is 2.26. The highest BCUT2D eigenvalue weighted by Crippen LogP contribution is 2.32. The van der Waals surface area contributed by atoms with Crippen LogP contribution in [0.3, 0.4) is 0 Å². The monoisotopic (exact) mass is 307 g/mol. The van der Waals surface area contributed by atoms with Crippen molar-refractivity contribution in [2.24, 2.45) is 0 Å². The van der Waals surface area contributed by atoms with Crippen molar-refractivity contribution in [2.45, 2.75) is 19.4 Å². The second-order valence-corrected chi connectivity index (χ2v) is 5.16. The van der Waals surface area contributed by atoms with E-state index in [-0.39, 0.29) is 0 Å². The van der Waals surface area contributed by atoms with E-state index in [4.69, 9.17) is 21.1 Å². The second kappa shape index (κ2) is 6.78. The highest BCUT2D eigenvalue weighted by Gasteiger charge is 2.15. The van der Waals surface area contributed by atoms with Gasteiger partial charge in [-0.1, -0.05) is 17.7 Å². The van der Waals surface area contributed by atoms with Crippen molar-refractivity contribution in [3.63, 3.8) is 0 Å². The molecule has 112 valence electrons. The first-order valence-corrected chi connectivity index (χ1v) is 6.93. The summed E-state index contributed by atoms with van der Waals surface area (Å²) in [6.07, 6.45) is 3.07. The molecule has 0 aliphatic carbocycles. The molecule has 21 heavy (non-hydrogen) atoms. The van der Waals surface area contributed by atoms with E-state index in [0.29, 0.717) is 22.9 Å². The molecule has 0 radical (unpaired) electrons. The number of aryl methyl sites for hydroxylation is 1. The molecule has 5 heteroatoms.